The number of hydrogen-bond acceptors (Lipinski definition) is 3. The summed E-state index contributed by atoms with van der Waals surface area (Å²) in [6.45, 7) is 2.56. The molecule has 0 aliphatic carbocycles. The summed E-state index contributed by atoms with van der Waals surface area (Å²) >= 11 is 0. The van der Waals surface area contributed by atoms with Crippen LogP contribution < -0.4 is 9.47 Å². The van der Waals surface area contributed by atoms with Crippen LogP contribution in [-0.2, 0) is 4.74 Å². The van der Waals surface area contributed by atoms with E-state index in [1.165, 1.54) is 0 Å². The molecular formula is C12H14O3. The van der Waals surface area contributed by atoms with Crippen LogP contribution in [0.4, 0.5) is 0 Å². The Labute approximate surface area is 89.3 Å². The first-order valence-corrected chi connectivity index (χ1v) is 4.98. The van der Waals surface area contributed by atoms with Gasteiger partial charge in [0.2, 0.25) is 6.29 Å². The summed E-state index contributed by atoms with van der Waals surface area (Å²) in [6, 6.07) is 5.80. The molecule has 2 rings (SSSR count). The van der Waals surface area contributed by atoms with Crippen molar-refractivity contribution in [2.24, 2.45) is 0 Å². The second kappa shape index (κ2) is 4.36. The topological polar surface area (TPSA) is 27.7 Å². The highest BCUT2D eigenvalue weighted by Crippen LogP contribution is 2.35. The summed E-state index contributed by atoms with van der Waals surface area (Å²) in [7, 11) is 1.63. The van der Waals surface area contributed by atoms with Crippen molar-refractivity contribution < 1.29 is 14.2 Å². The molecule has 0 spiro atoms. The molecule has 1 aromatic rings. The molecule has 1 atom stereocenters. The summed E-state index contributed by atoms with van der Waals surface area (Å²) in [5.74, 6) is 1.49. The van der Waals surface area contributed by atoms with Crippen molar-refractivity contribution in [1.82, 2.24) is 0 Å². The maximum absolute atomic E-state index is 5.66. The van der Waals surface area contributed by atoms with Crippen molar-refractivity contribution in [2.45, 2.75) is 13.2 Å². The van der Waals surface area contributed by atoms with E-state index in [9.17, 15) is 0 Å². The van der Waals surface area contributed by atoms with Gasteiger partial charge in [-0.1, -0.05) is 12.1 Å². The number of para-hydroxylation sites is 1. The average Bonchev–Trinajstić information content (AvgIpc) is 2.28. The fourth-order valence-electron chi connectivity index (χ4n) is 1.54. The van der Waals surface area contributed by atoms with E-state index in [1.54, 1.807) is 7.11 Å². The van der Waals surface area contributed by atoms with Gasteiger partial charge in [0.15, 0.2) is 11.5 Å². The van der Waals surface area contributed by atoms with E-state index >= 15 is 0 Å². The third-order valence-electron chi connectivity index (χ3n) is 2.23. The molecule has 3 heteroatoms. The first kappa shape index (κ1) is 10.1. The molecule has 0 amide bonds. The predicted octanol–water partition coefficient (Wildman–Crippen LogP) is 2.46. The van der Waals surface area contributed by atoms with Gasteiger partial charge in [-0.25, -0.2) is 0 Å². The van der Waals surface area contributed by atoms with E-state index in [0.29, 0.717) is 6.61 Å². The van der Waals surface area contributed by atoms with Gasteiger partial charge in [0, 0.05) is 12.2 Å². The fourth-order valence-corrected chi connectivity index (χ4v) is 1.54. The largest absolute Gasteiger partial charge is 0.493 e. The van der Waals surface area contributed by atoms with Crippen LogP contribution in [0.15, 0.2) is 24.3 Å². The number of ether oxygens (including phenoxy) is 3. The smallest absolute Gasteiger partial charge is 0.220 e. The second-order valence-corrected chi connectivity index (χ2v) is 3.18. The number of rotatable bonds is 3. The standard InChI is InChI=1S/C12H14O3/c1-3-14-11-8-7-9-5-4-6-10(13-2)12(9)15-11/h4-8,11H,3H2,1-2H3. The van der Waals surface area contributed by atoms with Gasteiger partial charge >= 0.3 is 0 Å². The van der Waals surface area contributed by atoms with E-state index < -0.39 is 0 Å². The normalized spacial score (nSPS) is 18.1. The molecule has 0 radical (unpaired) electrons. The lowest BCUT2D eigenvalue weighted by atomic mass is 10.1. The Kier molecular flexibility index (Phi) is 2.92. The molecule has 0 bridgehead atoms. The summed E-state index contributed by atoms with van der Waals surface area (Å²) in [6.07, 6.45) is 3.58. The minimum Gasteiger partial charge on any atom is -0.493 e. The van der Waals surface area contributed by atoms with Gasteiger partial charge in [0.25, 0.3) is 0 Å². The van der Waals surface area contributed by atoms with E-state index in [1.807, 2.05) is 37.3 Å². The van der Waals surface area contributed by atoms with Gasteiger partial charge in [-0.3, -0.25) is 0 Å². The van der Waals surface area contributed by atoms with Crippen LogP contribution in [0.1, 0.15) is 12.5 Å². The molecule has 1 heterocycles. The van der Waals surface area contributed by atoms with Gasteiger partial charge < -0.3 is 14.2 Å². The van der Waals surface area contributed by atoms with Crippen LogP contribution in [0.3, 0.4) is 0 Å². The molecule has 3 nitrogen and oxygen atoms in total. The predicted molar refractivity (Wildman–Crippen MR) is 58.1 cm³/mol. The lowest BCUT2D eigenvalue weighted by Gasteiger charge is -2.22. The zero-order chi connectivity index (χ0) is 10.7. The molecule has 1 aliphatic rings. The highest BCUT2D eigenvalue weighted by atomic mass is 16.7. The molecule has 0 saturated heterocycles. The fraction of sp³-hybridized carbons (Fsp3) is 0.333. The minimum absolute atomic E-state index is 0.307. The summed E-state index contributed by atoms with van der Waals surface area (Å²) in [5.41, 5.74) is 1.02. The van der Waals surface area contributed by atoms with Gasteiger partial charge in [-0.05, 0) is 25.1 Å². The SMILES string of the molecule is CCOC1C=Cc2cccc(OC)c2O1. The number of methoxy groups -OCH3 is 1. The number of hydrogen-bond donors (Lipinski definition) is 0. The summed E-state index contributed by atoms with van der Waals surface area (Å²) < 4.78 is 16.3. The Morgan fingerprint density at radius 2 is 2.27 bits per heavy atom. The highest BCUT2D eigenvalue weighted by Gasteiger charge is 2.17. The number of fused-ring (bicyclic) bond motifs is 1. The Hall–Kier alpha value is -1.48. The molecule has 1 unspecified atom stereocenters. The Morgan fingerprint density at radius 1 is 1.40 bits per heavy atom. The lowest BCUT2D eigenvalue weighted by Crippen LogP contribution is -2.20. The quantitative estimate of drug-likeness (QED) is 0.760. The highest BCUT2D eigenvalue weighted by molar-refractivity contribution is 5.64. The van der Waals surface area contributed by atoms with Crippen molar-refractivity contribution in [3.63, 3.8) is 0 Å². The monoisotopic (exact) mass is 206 g/mol. The van der Waals surface area contributed by atoms with E-state index in [0.717, 1.165) is 17.1 Å². The van der Waals surface area contributed by atoms with Crippen LogP contribution in [0.5, 0.6) is 11.5 Å². The van der Waals surface area contributed by atoms with Crippen LogP contribution >= 0.6 is 0 Å². The van der Waals surface area contributed by atoms with Crippen molar-refractivity contribution >= 4 is 6.08 Å². The molecular weight excluding hydrogens is 192 g/mol. The first-order valence-electron chi connectivity index (χ1n) is 4.98. The van der Waals surface area contributed by atoms with Crippen LogP contribution in [0.25, 0.3) is 6.08 Å². The maximum Gasteiger partial charge on any atom is 0.220 e. The molecule has 1 aliphatic heterocycles. The Bertz CT molecular complexity index is 371. The molecule has 0 aromatic heterocycles. The lowest BCUT2D eigenvalue weighted by molar-refractivity contribution is -0.0425. The van der Waals surface area contributed by atoms with Crippen LogP contribution in [0, 0.1) is 0 Å². The van der Waals surface area contributed by atoms with Crippen molar-refractivity contribution in [3.8, 4) is 11.5 Å². The molecule has 1 aromatic carbocycles. The summed E-state index contributed by atoms with van der Waals surface area (Å²) in [4.78, 5) is 0. The molecule has 0 saturated carbocycles. The van der Waals surface area contributed by atoms with Gasteiger partial charge in [-0.2, -0.15) is 0 Å². The summed E-state index contributed by atoms with van der Waals surface area (Å²) in [5, 5.41) is 0. The van der Waals surface area contributed by atoms with Gasteiger partial charge in [-0.15, -0.1) is 0 Å². The van der Waals surface area contributed by atoms with Crippen molar-refractivity contribution in [2.75, 3.05) is 13.7 Å². The molecule has 80 valence electrons. The Morgan fingerprint density at radius 3 is 3.00 bits per heavy atom. The molecule has 15 heavy (non-hydrogen) atoms. The molecule has 0 N–H and O–H groups in total. The third kappa shape index (κ3) is 1.97. The van der Waals surface area contributed by atoms with Crippen molar-refractivity contribution in [1.29, 1.82) is 0 Å². The maximum atomic E-state index is 5.66. The minimum atomic E-state index is -0.307. The zero-order valence-corrected chi connectivity index (χ0v) is 8.90. The van der Waals surface area contributed by atoms with E-state index in [4.69, 9.17) is 14.2 Å². The Balaban J connectivity index is 2.29. The third-order valence-corrected chi connectivity index (χ3v) is 2.23. The average molecular weight is 206 g/mol. The zero-order valence-electron chi connectivity index (χ0n) is 8.90. The first-order chi connectivity index (χ1) is 7.35. The van der Waals surface area contributed by atoms with E-state index in [2.05, 4.69) is 0 Å². The second-order valence-electron chi connectivity index (χ2n) is 3.18. The molecule has 0 fully saturated rings. The van der Waals surface area contributed by atoms with Crippen LogP contribution in [0.2, 0.25) is 0 Å². The number of benzene rings is 1. The van der Waals surface area contributed by atoms with Crippen molar-refractivity contribution in [3.05, 3.63) is 29.8 Å². The van der Waals surface area contributed by atoms with E-state index in [-0.39, 0.29) is 6.29 Å². The van der Waals surface area contributed by atoms with Crippen LogP contribution in [-0.4, -0.2) is 20.0 Å². The van der Waals surface area contributed by atoms with Gasteiger partial charge in [0.05, 0.1) is 7.11 Å². The van der Waals surface area contributed by atoms with Gasteiger partial charge in [0.1, 0.15) is 0 Å².